The van der Waals surface area contributed by atoms with E-state index in [1.54, 1.807) is 0 Å². The number of carbonyl (C=O) groups excluding carboxylic acids is 1. The first kappa shape index (κ1) is 19.4. The molecule has 4 heteroatoms. The zero-order chi connectivity index (χ0) is 18.8. The van der Waals surface area contributed by atoms with E-state index in [-0.39, 0.29) is 11.5 Å². The molecule has 3 rings (SSSR count). The summed E-state index contributed by atoms with van der Waals surface area (Å²) in [5, 5.41) is 11.4. The lowest BCUT2D eigenvalue weighted by atomic mass is 9.80. The Balaban J connectivity index is 1.71. The van der Waals surface area contributed by atoms with Crippen molar-refractivity contribution in [2.75, 3.05) is 26.7 Å². The molecule has 0 radical (unpaired) electrons. The van der Waals surface area contributed by atoms with Gasteiger partial charge in [-0.1, -0.05) is 43.2 Å². The molecule has 1 saturated carbocycles. The fraction of sp³-hybridized carbons (Fsp3) is 0.682. The molecule has 2 atom stereocenters. The Morgan fingerprint density at radius 2 is 1.88 bits per heavy atom. The van der Waals surface area contributed by atoms with E-state index in [1.807, 2.05) is 30.3 Å². The normalized spacial score (nSPS) is 28.0. The largest absolute Gasteiger partial charge is 0.457 e. The van der Waals surface area contributed by atoms with Gasteiger partial charge in [-0.3, -0.25) is 0 Å². The van der Waals surface area contributed by atoms with Gasteiger partial charge in [0.2, 0.25) is 0 Å². The number of rotatable bonds is 6. The van der Waals surface area contributed by atoms with Crippen LogP contribution in [0.25, 0.3) is 0 Å². The van der Waals surface area contributed by atoms with Crippen LogP contribution in [0.15, 0.2) is 30.3 Å². The van der Waals surface area contributed by atoms with Crippen LogP contribution in [0.5, 0.6) is 0 Å². The number of quaternary nitrogens is 1. The number of hydrogen-bond acceptors (Lipinski definition) is 3. The van der Waals surface area contributed by atoms with Gasteiger partial charge in [0.25, 0.3) is 0 Å². The summed E-state index contributed by atoms with van der Waals surface area (Å²) in [6.07, 6.45) is 6.30. The maximum absolute atomic E-state index is 13.0. The summed E-state index contributed by atoms with van der Waals surface area (Å²) in [4.78, 5) is 13.0. The molecule has 0 aromatic heterocycles. The Morgan fingerprint density at radius 3 is 2.46 bits per heavy atom. The third-order valence-electron chi connectivity index (χ3n) is 7.19. The van der Waals surface area contributed by atoms with Gasteiger partial charge in [0.05, 0.1) is 19.1 Å². The highest BCUT2D eigenvalue weighted by molar-refractivity contribution is 5.81. The zero-order valence-electron chi connectivity index (χ0n) is 16.5. The highest BCUT2D eigenvalue weighted by atomic mass is 16.5. The number of carbonyl (C=O) groups is 1. The van der Waals surface area contributed by atoms with Crippen LogP contribution >= 0.6 is 0 Å². The molecule has 0 amide bonds. The fourth-order valence-electron chi connectivity index (χ4n) is 4.85. The number of likely N-dealkylation sites (tertiary alicyclic amines) is 1. The van der Waals surface area contributed by atoms with Gasteiger partial charge in [0.1, 0.15) is 13.2 Å². The monoisotopic (exact) mass is 360 g/mol. The van der Waals surface area contributed by atoms with Crippen molar-refractivity contribution < 1.29 is 19.1 Å². The highest BCUT2D eigenvalue weighted by Gasteiger charge is 2.49. The molecule has 2 unspecified atom stereocenters. The molecule has 2 aliphatic rings. The summed E-state index contributed by atoms with van der Waals surface area (Å²) in [7, 11) is 2.25. The van der Waals surface area contributed by atoms with E-state index in [1.165, 1.54) is 12.8 Å². The highest BCUT2D eigenvalue weighted by Crippen LogP contribution is 2.41. The van der Waals surface area contributed by atoms with Gasteiger partial charge in [-0.05, 0) is 32.3 Å². The topological polar surface area (TPSA) is 46.5 Å². The van der Waals surface area contributed by atoms with Crippen LogP contribution in [0.1, 0.15) is 57.9 Å². The van der Waals surface area contributed by atoms with Crippen molar-refractivity contribution in [2.45, 2.75) is 63.5 Å². The number of likely N-dealkylation sites (N-methyl/N-ethyl adjacent to an activating group) is 1. The summed E-state index contributed by atoms with van der Waals surface area (Å²) >= 11 is 0. The second-order valence-electron chi connectivity index (χ2n) is 9.01. The van der Waals surface area contributed by atoms with E-state index in [4.69, 9.17) is 4.74 Å². The molecule has 2 fully saturated rings. The molecule has 4 nitrogen and oxygen atoms in total. The third kappa shape index (κ3) is 3.41. The predicted molar refractivity (Wildman–Crippen MR) is 102 cm³/mol. The maximum atomic E-state index is 13.0. The Hall–Kier alpha value is -1.39. The maximum Gasteiger partial charge on any atom is 0.343 e. The Bertz CT molecular complexity index is 624. The minimum atomic E-state index is -1.52. The number of nitrogens with zero attached hydrogens (tertiary/aromatic N) is 1. The van der Waals surface area contributed by atoms with Crippen LogP contribution in [0, 0.1) is 5.92 Å². The van der Waals surface area contributed by atoms with Crippen LogP contribution in [-0.2, 0) is 15.1 Å². The molecule has 1 saturated heterocycles. The van der Waals surface area contributed by atoms with Crippen LogP contribution in [-0.4, -0.2) is 47.8 Å². The summed E-state index contributed by atoms with van der Waals surface area (Å²) in [5.74, 6) is -0.524. The Morgan fingerprint density at radius 1 is 1.23 bits per heavy atom. The number of esters is 1. The molecule has 1 aliphatic carbocycles. The van der Waals surface area contributed by atoms with Gasteiger partial charge in [-0.15, -0.1) is 0 Å². The van der Waals surface area contributed by atoms with Crippen LogP contribution in [0.4, 0.5) is 0 Å². The lowest BCUT2D eigenvalue weighted by Gasteiger charge is -2.42. The molecule has 1 aromatic carbocycles. The molecule has 1 N–H and O–H groups in total. The minimum absolute atomic E-state index is 0.0506. The average molecular weight is 361 g/mol. The minimum Gasteiger partial charge on any atom is -0.457 e. The summed E-state index contributed by atoms with van der Waals surface area (Å²) in [6.45, 7) is 6.87. The second kappa shape index (κ2) is 7.32. The number of hydrogen-bond donors (Lipinski definition) is 1. The Kier molecular flexibility index (Phi) is 5.45. The van der Waals surface area contributed by atoms with Crippen molar-refractivity contribution in [3.63, 3.8) is 0 Å². The molecule has 26 heavy (non-hydrogen) atoms. The number of benzene rings is 1. The first-order valence-electron chi connectivity index (χ1n) is 10.1. The third-order valence-corrected chi connectivity index (χ3v) is 7.19. The quantitative estimate of drug-likeness (QED) is 0.622. The van der Waals surface area contributed by atoms with Gasteiger partial charge in [-0.25, -0.2) is 4.79 Å². The van der Waals surface area contributed by atoms with E-state index >= 15 is 0 Å². The van der Waals surface area contributed by atoms with E-state index < -0.39 is 11.6 Å². The van der Waals surface area contributed by atoms with E-state index in [9.17, 15) is 9.90 Å². The molecule has 1 aliphatic heterocycles. The molecular weight excluding hydrogens is 326 g/mol. The van der Waals surface area contributed by atoms with Crippen LogP contribution in [0.3, 0.4) is 0 Å². The van der Waals surface area contributed by atoms with Crippen LogP contribution < -0.4 is 0 Å². The van der Waals surface area contributed by atoms with Gasteiger partial charge in [-0.2, -0.15) is 0 Å². The smallest absolute Gasteiger partial charge is 0.343 e. The SMILES string of the molecule is CC1(C)CCC[N+]1(C)CCOC(=O)C(O)(c1ccccc1)C1CCCC1. The molecule has 0 bridgehead atoms. The van der Waals surface area contributed by atoms with Crippen molar-refractivity contribution >= 4 is 5.97 Å². The van der Waals surface area contributed by atoms with E-state index in [2.05, 4.69) is 20.9 Å². The second-order valence-corrected chi connectivity index (χ2v) is 9.01. The van der Waals surface area contributed by atoms with Crippen molar-refractivity contribution in [2.24, 2.45) is 5.92 Å². The Labute approximate surface area is 157 Å². The van der Waals surface area contributed by atoms with Gasteiger partial charge in [0, 0.05) is 18.8 Å². The molecular formula is C22H34NO3+. The van der Waals surface area contributed by atoms with Gasteiger partial charge < -0.3 is 14.3 Å². The average Bonchev–Trinajstić information content (AvgIpc) is 3.24. The lowest BCUT2D eigenvalue weighted by Crippen LogP contribution is -2.56. The van der Waals surface area contributed by atoms with E-state index in [0.717, 1.165) is 43.3 Å². The lowest BCUT2D eigenvalue weighted by molar-refractivity contribution is -0.942. The van der Waals surface area contributed by atoms with Crippen LogP contribution in [0.2, 0.25) is 0 Å². The molecule has 0 spiro atoms. The van der Waals surface area contributed by atoms with Crippen molar-refractivity contribution in [1.82, 2.24) is 0 Å². The van der Waals surface area contributed by atoms with Crippen molar-refractivity contribution in [1.29, 1.82) is 0 Å². The molecule has 1 heterocycles. The summed E-state index contributed by atoms with van der Waals surface area (Å²) < 4.78 is 6.61. The molecule has 1 aromatic rings. The standard InChI is InChI=1S/C22H34NO3/c1-21(2)14-9-15-23(21,3)16-17-26-20(24)22(25,19-12-7-8-13-19)18-10-5-4-6-11-18/h4-6,10-11,19,25H,7-9,12-17H2,1-3H3/q+1. The summed E-state index contributed by atoms with van der Waals surface area (Å²) in [5.41, 5.74) is -0.636. The summed E-state index contributed by atoms with van der Waals surface area (Å²) in [6, 6.07) is 9.35. The molecule has 144 valence electrons. The van der Waals surface area contributed by atoms with E-state index in [0.29, 0.717) is 12.2 Å². The first-order valence-corrected chi connectivity index (χ1v) is 10.1. The predicted octanol–water partition coefficient (Wildman–Crippen LogP) is 3.63. The van der Waals surface area contributed by atoms with Crippen molar-refractivity contribution in [3.05, 3.63) is 35.9 Å². The number of ether oxygens (including phenoxy) is 1. The van der Waals surface area contributed by atoms with Gasteiger partial charge in [0.15, 0.2) is 5.60 Å². The zero-order valence-corrected chi connectivity index (χ0v) is 16.5. The van der Waals surface area contributed by atoms with Gasteiger partial charge >= 0.3 is 5.97 Å². The fourth-order valence-corrected chi connectivity index (χ4v) is 4.85. The van der Waals surface area contributed by atoms with Crippen molar-refractivity contribution in [3.8, 4) is 0 Å². The first-order chi connectivity index (χ1) is 12.3. The number of aliphatic hydroxyl groups is 1.